The highest BCUT2D eigenvalue weighted by Gasteiger charge is 2.34. The molecule has 1 saturated heterocycles. The molecule has 1 aromatic carbocycles. The van der Waals surface area contributed by atoms with Crippen LogP contribution in [0.25, 0.3) is 5.82 Å². The van der Waals surface area contributed by atoms with Gasteiger partial charge < -0.3 is 20.3 Å². The van der Waals surface area contributed by atoms with Crippen LogP contribution in [0.15, 0.2) is 43.2 Å². The maximum atomic E-state index is 12.7. The minimum Gasteiger partial charge on any atom is -0.495 e. The number of hydrogen-bond donors (Lipinski definition) is 2. The lowest BCUT2D eigenvalue weighted by molar-refractivity contribution is -0.120. The second kappa shape index (κ2) is 8.15. The van der Waals surface area contributed by atoms with E-state index in [-0.39, 0.29) is 17.7 Å². The Labute approximate surface area is 172 Å². The molecule has 0 aliphatic carbocycles. The third-order valence-corrected chi connectivity index (χ3v) is 4.65. The van der Waals surface area contributed by atoms with E-state index in [1.165, 1.54) is 26.7 Å². The van der Waals surface area contributed by atoms with Crippen molar-refractivity contribution in [3.8, 4) is 11.6 Å². The number of nitrogens with zero attached hydrogens (tertiary/aromatic N) is 6. The second-order valence-corrected chi connectivity index (χ2v) is 6.76. The fraction of sp³-hybridized carbons (Fsp3) is 0.263. The Morgan fingerprint density at radius 3 is 2.60 bits per heavy atom. The predicted molar refractivity (Wildman–Crippen MR) is 109 cm³/mol. The largest absolute Gasteiger partial charge is 0.495 e. The van der Waals surface area contributed by atoms with E-state index in [1.807, 2.05) is 4.90 Å². The molecule has 2 aromatic heterocycles. The first-order valence-electron chi connectivity index (χ1n) is 9.22. The van der Waals surface area contributed by atoms with Gasteiger partial charge in [-0.3, -0.25) is 9.59 Å². The van der Waals surface area contributed by atoms with Crippen molar-refractivity contribution in [3.05, 3.63) is 43.2 Å². The number of benzene rings is 1. The molecule has 0 saturated carbocycles. The van der Waals surface area contributed by atoms with Crippen LogP contribution >= 0.6 is 0 Å². The summed E-state index contributed by atoms with van der Waals surface area (Å²) in [6, 6.07) is 6.87. The lowest BCUT2D eigenvalue weighted by atomic mass is 9.99. The molecule has 1 aliphatic rings. The van der Waals surface area contributed by atoms with Gasteiger partial charge in [0.05, 0.1) is 18.7 Å². The van der Waals surface area contributed by atoms with E-state index >= 15 is 0 Å². The van der Waals surface area contributed by atoms with Crippen LogP contribution in [0.3, 0.4) is 0 Å². The molecule has 11 heteroatoms. The number of rotatable bonds is 6. The van der Waals surface area contributed by atoms with Gasteiger partial charge in [0.2, 0.25) is 11.8 Å². The molecule has 1 fully saturated rings. The number of ether oxygens (including phenoxy) is 1. The van der Waals surface area contributed by atoms with Gasteiger partial charge in [0.25, 0.3) is 0 Å². The zero-order valence-electron chi connectivity index (χ0n) is 16.4. The molecule has 0 unspecified atom stereocenters. The predicted octanol–water partition coefficient (Wildman–Crippen LogP) is 1.10. The zero-order chi connectivity index (χ0) is 21.1. The maximum Gasteiger partial charge on any atom is 0.231 e. The third-order valence-electron chi connectivity index (χ3n) is 4.65. The van der Waals surface area contributed by atoms with Crippen LogP contribution in [-0.2, 0) is 9.59 Å². The lowest BCUT2D eigenvalue weighted by Crippen LogP contribution is -2.52. The Hall–Kier alpha value is -4.02. The average Bonchev–Trinajstić information content (AvgIpc) is 3.22. The van der Waals surface area contributed by atoms with Crippen molar-refractivity contribution in [2.24, 2.45) is 5.92 Å². The van der Waals surface area contributed by atoms with Crippen LogP contribution in [0, 0.1) is 5.92 Å². The minimum atomic E-state index is -0.205. The number of carbonyl (C=O) groups is 2. The maximum absolute atomic E-state index is 12.7. The first-order chi connectivity index (χ1) is 14.5. The van der Waals surface area contributed by atoms with Gasteiger partial charge in [-0.15, -0.1) is 0 Å². The molecule has 30 heavy (non-hydrogen) atoms. The summed E-state index contributed by atoms with van der Waals surface area (Å²) in [5, 5.41) is 9.63. The van der Waals surface area contributed by atoms with E-state index in [1.54, 1.807) is 35.3 Å². The molecule has 2 amide bonds. The Kier molecular flexibility index (Phi) is 5.24. The van der Waals surface area contributed by atoms with E-state index in [0.29, 0.717) is 41.8 Å². The van der Waals surface area contributed by atoms with E-state index in [9.17, 15) is 9.59 Å². The molecule has 0 bridgehead atoms. The molecular formula is C19H20N8O3. The second-order valence-electron chi connectivity index (χ2n) is 6.76. The summed E-state index contributed by atoms with van der Waals surface area (Å²) in [5.74, 6) is 1.30. The van der Waals surface area contributed by atoms with Crippen molar-refractivity contribution < 1.29 is 14.3 Å². The van der Waals surface area contributed by atoms with Crippen molar-refractivity contribution in [1.82, 2.24) is 24.7 Å². The van der Waals surface area contributed by atoms with Gasteiger partial charge in [-0.05, 0) is 18.2 Å². The summed E-state index contributed by atoms with van der Waals surface area (Å²) >= 11 is 0. The van der Waals surface area contributed by atoms with E-state index in [2.05, 4.69) is 30.7 Å². The van der Waals surface area contributed by atoms with Crippen LogP contribution < -0.4 is 20.3 Å². The Balaban J connectivity index is 1.40. The van der Waals surface area contributed by atoms with Gasteiger partial charge in [0.15, 0.2) is 5.82 Å². The van der Waals surface area contributed by atoms with Crippen molar-refractivity contribution >= 4 is 29.0 Å². The summed E-state index contributed by atoms with van der Waals surface area (Å²) in [5.41, 5.74) is 1.08. The first-order valence-corrected chi connectivity index (χ1v) is 9.22. The highest BCUT2D eigenvalue weighted by molar-refractivity contribution is 5.97. The summed E-state index contributed by atoms with van der Waals surface area (Å²) in [7, 11) is 1.52. The minimum absolute atomic E-state index is 0.130. The third kappa shape index (κ3) is 4.04. The van der Waals surface area contributed by atoms with E-state index < -0.39 is 0 Å². The molecule has 4 rings (SSSR count). The monoisotopic (exact) mass is 408 g/mol. The topological polar surface area (TPSA) is 127 Å². The number of amides is 2. The van der Waals surface area contributed by atoms with Crippen LogP contribution in [0.5, 0.6) is 5.75 Å². The molecule has 3 aromatic rings. The fourth-order valence-corrected chi connectivity index (χ4v) is 3.11. The normalized spacial score (nSPS) is 13.5. The van der Waals surface area contributed by atoms with Gasteiger partial charge in [-0.2, -0.15) is 5.10 Å². The molecule has 0 radical (unpaired) electrons. The Morgan fingerprint density at radius 2 is 1.90 bits per heavy atom. The number of nitrogens with one attached hydrogen (secondary N) is 2. The summed E-state index contributed by atoms with van der Waals surface area (Å²) in [6.07, 6.45) is 4.44. The van der Waals surface area contributed by atoms with Gasteiger partial charge in [-0.1, -0.05) is 0 Å². The highest BCUT2D eigenvalue weighted by atomic mass is 16.5. The molecule has 3 heterocycles. The molecule has 0 atom stereocenters. The number of anilines is 3. The Morgan fingerprint density at radius 1 is 1.10 bits per heavy atom. The smallest absolute Gasteiger partial charge is 0.231 e. The van der Waals surface area contributed by atoms with Crippen LogP contribution in [0.2, 0.25) is 0 Å². The van der Waals surface area contributed by atoms with Crippen molar-refractivity contribution in [2.45, 2.75) is 6.92 Å². The number of methoxy groups -OCH3 is 1. The molecule has 0 spiro atoms. The Bertz CT molecular complexity index is 1060. The lowest BCUT2D eigenvalue weighted by Gasteiger charge is -2.39. The van der Waals surface area contributed by atoms with Gasteiger partial charge in [0, 0.05) is 31.8 Å². The molecule has 11 nitrogen and oxygen atoms in total. The molecule has 1 aliphatic heterocycles. The summed E-state index contributed by atoms with van der Waals surface area (Å²) < 4.78 is 6.85. The van der Waals surface area contributed by atoms with E-state index in [4.69, 9.17) is 4.74 Å². The van der Waals surface area contributed by atoms with Crippen LogP contribution in [0.4, 0.5) is 17.2 Å². The van der Waals surface area contributed by atoms with E-state index in [0.717, 1.165) is 0 Å². The van der Waals surface area contributed by atoms with Crippen LogP contribution in [0.1, 0.15) is 6.92 Å². The summed E-state index contributed by atoms with van der Waals surface area (Å²) in [6.45, 7) is 2.47. The fourth-order valence-electron chi connectivity index (χ4n) is 3.11. The number of aromatic nitrogens is 5. The average molecular weight is 408 g/mol. The van der Waals surface area contributed by atoms with Gasteiger partial charge in [0.1, 0.15) is 30.5 Å². The quantitative estimate of drug-likeness (QED) is 0.621. The molecule has 2 N–H and O–H groups in total. The first kappa shape index (κ1) is 19.3. The summed E-state index contributed by atoms with van der Waals surface area (Å²) in [4.78, 5) is 38.3. The van der Waals surface area contributed by atoms with Crippen molar-refractivity contribution in [2.75, 3.05) is 35.7 Å². The van der Waals surface area contributed by atoms with Crippen molar-refractivity contribution in [3.63, 3.8) is 0 Å². The standard InChI is InChI=1S/C19H20N8O3/c1-12(28)24-14-3-4-16(30-2)15(5-14)25-19(29)13-7-26(8-13)17-6-18(22-10-21-17)27-11-20-9-23-27/h3-6,9-11,13H,7-8H2,1-2H3,(H,24,28)(H,25,29). The molecule has 154 valence electrons. The van der Waals surface area contributed by atoms with Crippen molar-refractivity contribution in [1.29, 1.82) is 0 Å². The van der Waals surface area contributed by atoms with Gasteiger partial charge >= 0.3 is 0 Å². The van der Waals surface area contributed by atoms with Crippen LogP contribution in [-0.4, -0.2) is 56.7 Å². The number of hydrogen-bond acceptors (Lipinski definition) is 8. The number of carbonyl (C=O) groups excluding carboxylic acids is 2. The zero-order valence-corrected chi connectivity index (χ0v) is 16.4. The molecular weight excluding hydrogens is 388 g/mol. The highest BCUT2D eigenvalue weighted by Crippen LogP contribution is 2.30. The van der Waals surface area contributed by atoms with Gasteiger partial charge in [-0.25, -0.2) is 19.6 Å². The SMILES string of the molecule is COc1ccc(NC(C)=O)cc1NC(=O)C1CN(c2cc(-n3cncn3)ncn2)C1.